The number of alkyl halides is 3. The molecule has 0 heterocycles. The van der Waals surface area contributed by atoms with Gasteiger partial charge in [0.25, 0.3) is 0 Å². The van der Waals surface area contributed by atoms with Gasteiger partial charge in [0.05, 0.1) is 11.5 Å². The maximum absolute atomic E-state index is 12.3. The molecule has 6 heteroatoms. The molecule has 1 rings (SSSR count). The average Bonchev–Trinajstić information content (AvgIpc) is 2.15. The van der Waals surface area contributed by atoms with Gasteiger partial charge < -0.3 is 5.73 Å². The van der Waals surface area contributed by atoms with Gasteiger partial charge in [0.15, 0.2) is 0 Å². The number of nitrogens with two attached hydrogens (primary N) is 1. The van der Waals surface area contributed by atoms with Gasteiger partial charge in [-0.2, -0.15) is 13.2 Å². The molecular formula is C10H9ClF3NO. The van der Waals surface area contributed by atoms with E-state index in [-0.39, 0.29) is 5.69 Å². The van der Waals surface area contributed by atoms with E-state index in [0.717, 1.165) is 12.1 Å². The molecule has 88 valence electrons. The molecule has 0 aliphatic carbocycles. The monoisotopic (exact) mass is 251 g/mol. The minimum Gasteiger partial charge on any atom is -0.398 e. The fraction of sp³-hybridized carbons (Fsp3) is 0.300. The maximum atomic E-state index is 12.3. The Morgan fingerprint density at radius 2 is 2.00 bits per heavy atom. The van der Waals surface area contributed by atoms with Crippen LogP contribution in [0.15, 0.2) is 18.2 Å². The van der Waals surface area contributed by atoms with Gasteiger partial charge in [0.1, 0.15) is 0 Å². The van der Waals surface area contributed by atoms with Crippen LogP contribution < -0.4 is 5.73 Å². The topological polar surface area (TPSA) is 43.1 Å². The molecule has 2 N–H and O–H groups in total. The lowest BCUT2D eigenvalue weighted by molar-refractivity contribution is -0.137. The first-order valence-electron chi connectivity index (χ1n) is 4.39. The van der Waals surface area contributed by atoms with Crippen LogP contribution in [-0.2, 0) is 11.0 Å². The number of anilines is 1. The number of halogens is 4. The van der Waals surface area contributed by atoms with E-state index in [1.807, 2.05) is 0 Å². The van der Waals surface area contributed by atoms with E-state index < -0.39 is 22.9 Å². The Morgan fingerprint density at radius 1 is 1.44 bits per heavy atom. The Morgan fingerprint density at radius 3 is 2.38 bits per heavy atom. The SMILES string of the molecule is CC(C(=O)Cl)c1ccc(C(F)(F)F)cc1N. The van der Waals surface area contributed by atoms with Gasteiger partial charge in [-0.05, 0) is 29.3 Å². The van der Waals surface area contributed by atoms with Crippen molar-refractivity contribution in [3.8, 4) is 0 Å². The fourth-order valence-electron chi connectivity index (χ4n) is 1.27. The molecule has 0 fully saturated rings. The minimum atomic E-state index is -4.44. The van der Waals surface area contributed by atoms with Crippen molar-refractivity contribution in [2.45, 2.75) is 19.0 Å². The summed E-state index contributed by atoms with van der Waals surface area (Å²) < 4.78 is 36.9. The molecule has 0 saturated heterocycles. The van der Waals surface area contributed by atoms with Crippen molar-refractivity contribution in [3.63, 3.8) is 0 Å². The molecule has 2 nitrogen and oxygen atoms in total. The zero-order chi connectivity index (χ0) is 12.5. The lowest BCUT2D eigenvalue weighted by Crippen LogP contribution is -2.09. The summed E-state index contributed by atoms with van der Waals surface area (Å²) in [7, 11) is 0. The normalized spacial score (nSPS) is 13.6. The lowest BCUT2D eigenvalue weighted by Gasteiger charge is -2.13. The fourth-order valence-corrected chi connectivity index (χ4v) is 1.39. The third-order valence-electron chi connectivity index (χ3n) is 2.22. The highest BCUT2D eigenvalue weighted by Crippen LogP contribution is 2.33. The van der Waals surface area contributed by atoms with Gasteiger partial charge in [0.2, 0.25) is 5.24 Å². The molecule has 0 spiro atoms. The predicted octanol–water partition coefficient (Wildman–Crippen LogP) is 3.16. The van der Waals surface area contributed by atoms with Crippen LogP contribution >= 0.6 is 11.6 Å². The predicted molar refractivity (Wildman–Crippen MR) is 55.1 cm³/mol. The second-order valence-corrected chi connectivity index (χ2v) is 3.74. The summed E-state index contributed by atoms with van der Waals surface area (Å²) in [5, 5.41) is -0.661. The quantitative estimate of drug-likeness (QED) is 0.648. The average molecular weight is 252 g/mol. The highest BCUT2D eigenvalue weighted by molar-refractivity contribution is 6.64. The number of carbonyl (C=O) groups is 1. The van der Waals surface area contributed by atoms with Gasteiger partial charge >= 0.3 is 6.18 Å². The molecular weight excluding hydrogens is 243 g/mol. The third-order valence-corrected chi connectivity index (χ3v) is 2.55. The van der Waals surface area contributed by atoms with E-state index in [1.165, 1.54) is 13.0 Å². The Labute approximate surface area is 95.2 Å². The third kappa shape index (κ3) is 2.66. The Bertz CT molecular complexity index is 417. The van der Waals surface area contributed by atoms with Crippen molar-refractivity contribution >= 4 is 22.5 Å². The van der Waals surface area contributed by atoms with Gasteiger partial charge in [-0.3, -0.25) is 4.79 Å². The van der Waals surface area contributed by atoms with Crippen molar-refractivity contribution in [1.29, 1.82) is 0 Å². The van der Waals surface area contributed by atoms with Gasteiger partial charge in [-0.1, -0.05) is 13.0 Å². The molecule has 0 amide bonds. The van der Waals surface area contributed by atoms with Crippen LogP contribution in [0.3, 0.4) is 0 Å². The largest absolute Gasteiger partial charge is 0.416 e. The van der Waals surface area contributed by atoms with Crippen molar-refractivity contribution < 1.29 is 18.0 Å². The van der Waals surface area contributed by atoms with Gasteiger partial charge in [0, 0.05) is 5.69 Å². The number of benzene rings is 1. The lowest BCUT2D eigenvalue weighted by atomic mass is 9.99. The first kappa shape index (κ1) is 12.8. The van der Waals surface area contributed by atoms with Crippen molar-refractivity contribution in [3.05, 3.63) is 29.3 Å². The molecule has 0 aliphatic heterocycles. The second kappa shape index (κ2) is 4.33. The Hall–Kier alpha value is -1.23. The van der Waals surface area contributed by atoms with E-state index in [0.29, 0.717) is 5.56 Å². The molecule has 1 aromatic carbocycles. The maximum Gasteiger partial charge on any atom is 0.416 e. The van der Waals surface area contributed by atoms with Crippen molar-refractivity contribution in [1.82, 2.24) is 0 Å². The molecule has 16 heavy (non-hydrogen) atoms. The van der Waals surface area contributed by atoms with E-state index in [2.05, 4.69) is 0 Å². The first-order valence-corrected chi connectivity index (χ1v) is 4.77. The van der Waals surface area contributed by atoms with Crippen molar-refractivity contribution in [2.24, 2.45) is 0 Å². The molecule has 1 unspecified atom stereocenters. The summed E-state index contributed by atoms with van der Waals surface area (Å²) in [5.41, 5.74) is 4.81. The van der Waals surface area contributed by atoms with Crippen LogP contribution in [0, 0.1) is 0 Å². The molecule has 0 saturated carbocycles. The number of hydrogen-bond acceptors (Lipinski definition) is 2. The Kier molecular flexibility index (Phi) is 3.48. The highest BCUT2D eigenvalue weighted by Gasteiger charge is 2.31. The molecule has 0 radical (unpaired) electrons. The molecule has 1 atom stereocenters. The highest BCUT2D eigenvalue weighted by atomic mass is 35.5. The van der Waals surface area contributed by atoms with Crippen LogP contribution in [0.1, 0.15) is 24.0 Å². The van der Waals surface area contributed by atoms with E-state index in [1.54, 1.807) is 0 Å². The van der Waals surface area contributed by atoms with Crippen LogP contribution in [0.2, 0.25) is 0 Å². The summed E-state index contributed by atoms with van der Waals surface area (Å²) in [6.45, 7) is 1.48. The first-order chi connectivity index (χ1) is 7.23. The standard InChI is InChI=1S/C10H9ClF3NO/c1-5(9(11)16)7-3-2-6(4-8(7)15)10(12,13)14/h2-5H,15H2,1H3. The molecule has 0 bridgehead atoms. The zero-order valence-electron chi connectivity index (χ0n) is 8.31. The van der Waals surface area contributed by atoms with E-state index >= 15 is 0 Å². The minimum absolute atomic E-state index is 0.0867. The number of carbonyl (C=O) groups excluding carboxylic acids is 1. The number of hydrogen-bond donors (Lipinski definition) is 1. The summed E-state index contributed by atoms with van der Waals surface area (Å²) in [6.07, 6.45) is -4.44. The van der Waals surface area contributed by atoms with Gasteiger partial charge in [-0.25, -0.2) is 0 Å². The Balaban J connectivity index is 3.15. The van der Waals surface area contributed by atoms with Gasteiger partial charge in [-0.15, -0.1) is 0 Å². The van der Waals surface area contributed by atoms with Crippen LogP contribution in [0.25, 0.3) is 0 Å². The summed E-state index contributed by atoms with van der Waals surface area (Å²) in [6, 6.07) is 2.84. The summed E-state index contributed by atoms with van der Waals surface area (Å²) in [4.78, 5) is 10.9. The van der Waals surface area contributed by atoms with Crippen LogP contribution in [0.5, 0.6) is 0 Å². The van der Waals surface area contributed by atoms with Crippen LogP contribution in [0.4, 0.5) is 18.9 Å². The molecule has 0 aromatic heterocycles. The number of rotatable bonds is 2. The summed E-state index contributed by atoms with van der Waals surface area (Å²) >= 11 is 5.25. The summed E-state index contributed by atoms with van der Waals surface area (Å²) in [5.74, 6) is -0.719. The van der Waals surface area contributed by atoms with Crippen molar-refractivity contribution in [2.75, 3.05) is 5.73 Å². The second-order valence-electron chi connectivity index (χ2n) is 3.37. The molecule has 1 aromatic rings. The molecule has 0 aliphatic rings. The zero-order valence-corrected chi connectivity index (χ0v) is 9.06. The van der Waals surface area contributed by atoms with E-state index in [9.17, 15) is 18.0 Å². The smallest absolute Gasteiger partial charge is 0.398 e. The van der Waals surface area contributed by atoms with Crippen LogP contribution in [-0.4, -0.2) is 5.24 Å². The number of nitrogen functional groups attached to an aromatic ring is 1. The van der Waals surface area contributed by atoms with E-state index in [4.69, 9.17) is 17.3 Å².